The Bertz CT molecular complexity index is 1090. The van der Waals surface area contributed by atoms with Crippen LogP contribution in [0.3, 0.4) is 0 Å². The number of rotatable bonds is 3. The molecule has 1 aliphatic rings. The van der Waals surface area contributed by atoms with E-state index in [2.05, 4.69) is 31.6 Å². The largest absolute Gasteiger partial charge is 0.322 e. The molecule has 5 nitrogen and oxygen atoms in total. The van der Waals surface area contributed by atoms with Crippen molar-refractivity contribution < 1.29 is 9.59 Å². The van der Waals surface area contributed by atoms with Crippen molar-refractivity contribution in [3.63, 3.8) is 0 Å². The minimum absolute atomic E-state index is 0.368. The Kier molecular flexibility index (Phi) is 5.30. The van der Waals surface area contributed by atoms with E-state index in [9.17, 15) is 9.59 Å². The molecule has 0 radical (unpaired) electrons. The van der Waals surface area contributed by atoms with Crippen LogP contribution in [0.2, 0.25) is 5.02 Å². The average Bonchev–Trinajstić information content (AvgIpc) is 3.06. The predicted octanol–water partition coefficient (Wildman–Crippen LogP) is 4.71. The Morgan fingerprint density at radius 1 is 1.14 bits per heavy atom. The van der Waals surface area contributed by atoms with Crippen molar-refractivity contribution in [2.45, 2.75) is 6.17 Å². The van der Waals surface area contributed by atoms with Crippen molar-refractivity contribution in [3.8, 4) is 0 Å². The molecule has 3 aromatic rings. The van der Waals surface area contributed by atoms with Crippen LogP contribution < -0.4 is 10.6 Å². The van der Waals surface area contributed by atoms with Crippen LogP contribution in [0.4, 0.5) is 5.69 Å². The van der Waals surface area contributed by atoms with E-state index in [-0.39, 0.29) is 5.91 Å². The van der Waals surface area contributed by atoms with Gasteiger partial charge in [-0.15, -0.1) is 11.3 Å². The molecule has 0 saturated carbocycles. The number of para-hydroxylation sites is 1. The Balaban J connectivity index is 1.76. The van der Waals surface area contributed by atoms with Gasteiger partial charge < -0.3 is 10.6 Å². The van der Waals surface area contributed by atoms with Crippen LogP contribution in [0.15, 0.2) is 69.4 Å². The Morgan fingerprint density at radius 3 is 2.61 bits per heavy atom. The molecule has 1 aromatic heterocycles. The molecule has 1 aliphatic heterocycles. The molecule has 28 heavy (non-hydrogen) atoms. The standard InChI is InChI=1S/C20H13BrClN3O2S/c21-14-9-10-28-17(14)19(26)25-18-20(27)23-15-4-2-1-3-13(15)16(24-18)11-5-7-12(22)8-6-11/h1-10,18H,(H,23,27)(H,25,26). The van der Waals surface area contributed by atoms with Gasteiger partial charge in [0.05, 0.1) is 11.4 Å². The van der Waals surface area contributed by atoms with Crippen LogP contribution in [0.1, 0.15) is 20.8 Å². The lowest BCUT2D eigenvalue weighted by Gasteiger charge is -2.13. The molecule has 4 rings (SSSR count). The maximum absolute atomic E-state index is 12.7. The van der Waals surface area contributed by atoms with Crippen LogP contribution >= 0.6 is 38.9 Å². The van der Waals surface area contributed by atoms with Gasteiger partial charge in [0.25, 0.3) is 11.8 Å². The highest BCUT2D eigenvalue weighted by Gasteiger charge is 2.28. The van der Waals surface area contributed by atoms with Crippen LogP contribution in [-0.2, 0) is 4.79 Å². The van der Waals surface area contributed by atoms with E-state index in [0.717, 1.165) is 11.1 Å². The monoisotopic (exact) mass is 473 g/mol. The SMILES string of the molecule is O=C(NC1N=C(c2ccc(Cl)cc2)c2ccccc2NC1=O)c1sccc1Br. The lowest BCUT2D eigenvalue weighted by atomic mass is 10.0. The number of carbonyl (C=O) groups excluding carboxylic acids is 2. The second-order valence-corrected chi connectivity index (χ2v) is 8.20. The topological polar surface area (TPSA) is 70.6 Å². The summed E-state index contributed by atoms with van der Waals surface area (Å²) in [5.41, 5.74) is 2.80. The number of nitrogens with one attached hydrogen (secondary N) is 2. The lowest BCUT2D eigenvalue weighted by Crippen LogP contribution is -2.42. The second kappa shape index (κ2) is 7.87. The van der Waals surface area contributed by atoms with Crippen LogP contribution in [-0.4, -0.2) is 23.7 Å². The Hall–Kier alpha value is -2.48. The molecule has 140 valence electrons. The molecule has 0 spiro atoms. The highest BCUT2D eigenvalue weighted by Crippen LogP contribution is 2.26. The number of nitrogens with zero attached hydrogens (tertiary/aromatic N) is 1. The molecule has 2 aromatic carbocycles. The number of halogens is 2. The molecule has 0 fully saturated rings. The highest BCUT2D eigenvalue weighted by atomic mass is 79.9. The van der Waals surface area contributed by atoms with Gasteiger partial charge in [0.1, 0.15) is 4.88 Å². The molecular formula is C20H13BrClN3O2S. The summed E-state index contributed by atoms with van der Waals surface area (Å²) in [6.07, 6.45) is -1.07. The van der Waals surface area contributed by atoms with Crippen molar-refractivity contribution in [2.24, 2.45) is 4.99 Å². The predicted molar refractivity (Wildman–Crippen MR) is 115 cm³/mol. The first-order valence-corrected chi connectivity index (χ1v) is 10.4. The lowest BCUT2D eigenvalue weighted by molar-refractivity contribution is -0.117. The minimum atomic E-state index is -1.07. The number of benzodiazepines with no additional fused rings is 1. The zero-order valence-corrected chi connectivity index (χ0v) is 17.4. The fourth-order valence-electron chi connectivity index (χ4n) is 2.84. The van der Waals surface area contributed by atoms with E-state index in [1.54, 1.807) is 29.6 Å². The number of fused-ring (bicyclic) bond motifs is 1. The summed E-state index contributed by atoms with van der Waals surface area (Å²) in [5.74, 6) is -0.773. The number of thiophene rings is 1. The normalized spacial score (nSPS) is 15.9. The minimum Gasteiger partial charge on any atom is -0.322 e. The van der Waals surface area contributed by atoms with Crippen molar-refractivity contribution >= 4 is 62.1 Å². The number of benzene rings is 2. The van der Waals surface area contributed by atoms with Crippen molar-refractivity contribution in [1.82, 2.24) is 5.32 Å². The maximum Gasteiger partial charge on any atom is 0.269 e. The second-order valence-electron chi connectivity index (χ2n) is 5.99. The fraction of sp³-hybridized carbons (Fsp3) is 0.0500. The molecule has 2 amide bonds. The number of carbonyl (C=O) groups is 2. The Labute approximate surface area is 178 Å². The summed E-state index contributed by atoms with van der Waals surface area (Å²) in [7, 11) is 0. The molecular weight excluding hydrogens is 462 g/mol. The summed E-state index contributed by atoms with van der Waals surface area (Å²) in [6.45, 7) is 0. The molecule has 2 N–H and O–H groups in total. The zero-order chi connectivity index (χ0) is 19.7. The first-order valence-electron chi connectivity index (χ1n) is 8.31. The molecule has 0 bridgehead atoms. The van der Waals surface area contributed by atoms with E-state index < -0.39 is 12.1 Å². The third-order valence-corrected chi connectivity index (χ3v) is 6.24. The van der Waals surface area contributed by atoms with Crippen LogP contribution in [0, 0.1) is 0 Å². The van der Waals surface area contributed by atoms with Gasteiger partial charge in [0.15, 0.2) is 0 Å². The van der Waals surface area contributed by atoms with Gasteiger partial charge in [-0.25, -0.2) is 4.99 Å². The van der Waals surface area contributed by atoms with E-state index in [1.165, 1.54) is 11.3 Å². The van der Waals surface area contributed by atoms with E-state index >= 15 is 0 Å². The van der Waals surface area contributed by atoms with Gasteiger partial charge >= 0.3 is 0 Å². The van der Waals surface area contributed by atoms with Crippen LogP contribution in [0.25, 0.3) is 0 Å². The molecule has 1 unspecified atom stereocenters. The summed E-state index contributed by atoms with van der Waals surface area (Å²) in [5, 5.41) is 7.96. The third-order valence-electron chi connectivity index (χ3n) is 4.16. The quantitative estimate of drug-likeness (QED) is 0.577. The van der Waals surface area contributed by atoms with Gasteiger partial charge in [-0.05, 0) is 45.6 Å². The first-order chi connectivity index (χ1) is 13.5. The first kappa shape index (κ1) is 18.9. The van der Waals surface area contributed by atoms with Gasteiger partial charge in [-0.3, -0.25) is 9.59 Å². The zero-order valence-electron chi connectivity index (χ0n) is 14.3. The fourth-order valence-corrected chi connectivity index (χ4v) is 4.42. The summed E-state index contributed by atoms with van der Waals surface area (Å²) in [4.78, 5) is 30.4. The van der Waals surface area contributed by atoms with E-state index in [4.69, 9.17) is 11.6 Å². The van der Waals surface area contributed by atoms with Crippen LogP contribution in [0.5, 0.6) is 0 Å². The molecule has 1 atom stereocenters. The van der Waals surface area contributed by atoms with Gasteiger partial charge in [-0.2, -0.15) is 0 Å². The number of hydrogen-bond donors (Lipinski definition) is 2. The Morgan fingerprint density at radius 2 is 1.89 bits per heavy atom. The van der Waals surface area contributed by atoms with Gasteiger partial charge in [0, 0.05) is 20.6 Å². The van der Waals surface area contributed by atoms with Gasteiger partial charge in [0.2, 0.25) is 6.17 Å². The molecule has 8 heteroatoms. The molecule has 0 aliphatic carbocycles. The highest BCUT2D eigenvalue weighted by molar-refractivity contribution is 9.10. The third kappa shape index (κ3) is 3.73. The summed E-state index contributed by atoms with van der Waals surface area (Å²) >= 11 is 10.6. The van der Waals surface area contributed by atoms with Gasteiger partial charge in [-0.1, -0.05) is 41.9 Å². The van der Waals surface area contributed by atoms with Crippen molar-refractivity contribution in [2.75, 3.05) is 5.32 Å². The number of aliphatic imine (C=N–C) groups is 1. The maximum atomic E-state index is 12.7. The summed E-state index contributed by atoms with van der Waals surface area (Å²) in [6, 6.07) is 16.4. The smallest absolute Gasteiger partial charge is 0.269 e. The number of anilines is 1. The van der Waals surface area contributed by atoms with Crippen molar-refractivity contribution in [3.05, 3.63) is 85.5 Å². The summed E-state index contributed by atoms with van der Waals surface area (Å²) < 4.78 is 0.675. The average molecular weight is 475 g/mol. The van der Waals surface area contributed by atoms with E-state index in [0.29, 0.717) is 25.8 Å². The number of hydrogen-bond acceptors (Lipinski definition) is 4. The molecule has 2 heterocycles. The van der Waals surface area contributed by atoms with Crippen molar-refractivity contribution in [1.29, 1.82) is 0 Å². The molecule has 0 saturated heterocycles. The number of amides is 2. The van der Waals surface area contributed by atoms with E-state index in [1.807, 2.05) is 30.3 Å².